The second kappa shape index (κ2) is 11.6. The van der Waals surface area contributed by atoms with Crippen molar-refractivity contribution in [3.63, 3.8) is 0 Å². The van der Waals surface area contributed by atoms with Gasteiger partial charge >= 0.3 is 5.69 Å². The first-order valence-corrected chi connectivity index (χ1v) is 12.0. The van der Waals surface area contributed by atoms with E-state index in [0.29, 0.717) is 42.1 Å². The molecule has 0 saturated carbocycles. The molecule has 1 unspecified atom stereocenters. The maximum Gasteiger partial charge on any atom is 0.311 e. The average molecular weight is 514 g/mol. The number of hydrogen-bond acceptors (Lipinski definition) is 9. The molecule has 3 aromatic rings. The predicted octanol–water partition coefficient (Wildman–Crippen LogP) is 4.85. The van der Waals surface area contributed by atoms with Gasteiger partial charge in [0, 0.05) is 35.8 Å². The molecule has 194 valence electrons. The van der Waals surface area contributed by atoms with Gasteiger partial charge in [-0.25, -0.2) is 0 Å². The van der Waals surface area contributed by atoms with Gasteiger partial charge in [-0.2, -0.15) is 10.5 Å². The van der Waals surface area contributed by atoms with E-state index < -0.39 is 34.6 Å². The van der Waals surface area contributed by atoms with Crippen LogP contribution in [0.1, 0.15) is 41.4 Å². The Morgan fingerprint density at radius 2 is 1.39 bits per heavy atom. The van der Waals surface area contributed by atoms with Crippen molar-refractivity contribution in [2.45, 2.75) is 24.7 Å². The molecular formula is C28H27N5O5. The summed E-state index contributed by atoms with van der Waals surface area (Å²) in [5.41, 5.74) is 0.994. The third kappa shape index (κ3) is 4.83. The summed E-state index contributed by atoms with van der Waals surface area (Å²) in [5.74, 6) is 0.521. The summed E-state index contributed by atoms with van der Waals surface area (Å²) in [5, 5.41) is 43.6. The van der Waals surface area contributed by atoms with Gasteiger partial charge in [-0.05, 0) is 18.6 Å². The number of nitro benzene ring substituents is 1. The van der Waals surface area contributed by atoms with Crippen molar-refractivity contribution in [2.24, 2.45) is 0 Å². The number of methoxy groups -OCH3 is 2. The third-order valence-electron chi connectivity index (χ3n) is 6.76. The molecule has 1 N–H and O–H groups in total. The fourth-order valence-corrected chi connectivity index (χ4v) is 5.10. The SMILES string of the molecule is COc1ccccc1[C@@H](C#N)N1CCCN([C@@H](C#N)c2ccccc2OC)C1c1cccc([N+](=O)[O-])c1O. The van der Waals surface area contributed by atoms with Crippen LogP contribution in [0.25, 0.3) is 0 Å². The molecular weight excluding hydrogens is 486 g/mol. The standard InChI is InChI=1S/C28H27N5O5/c1-37-25-13-5-3-9-19(25)23(17-29)31-15-8-16-32(24(18-30)20-10-4-6-14-26(20)38-2)28(31)21-11-7-12-22(27(21)34)33(35)36/h3-7,9-14,23-24,28,34H,8,15-16H2,1-2H3/t23-,24+,28?. The van der Waals surface area contributed by atoms with Crippen LogP contribution in [0.3, 0.4) is 0 Å². The summed E-state index contributed by atoms with van der Waals surface area (Å²) in [6.07, 6.45) is -0.250. The minimum Gasteiger partial charge on any atom is -0.502 e. The van der Waals surface area contributed by atoms with E-state index in [0.717, 1.165) is 0 Å². The topological polar surface area (TPSA) is 136 Å². The van der Waals surface area contributed by atoms with E-state index in [1.807, 2.05) is 9.80 Å². The number of benzene rings is 3. The minimum atomic E-state index is -0.854. The molecule has 0 radical (unpaired) electrons. The highest BCUT2D eigenvalue weighted by Gasteiger charge is 2.42. The summed E-state index contributed by atoms with van der Waals surface area (Å²) in [6, 6.07) is 21.6. The van der Waals surface area contributed by atoms with Crippen LogP contribution in [0.15, 0.2) is 66.7 Å². The molecule has 4 rings (SSSR count). The van der Waals surface area contributed by atoms with Crippen molar-refractivity contribution in [1.82, 2.24) is 9.80 Å². The summed E-state index contributed by atoms with van der Waals surface area (Å²) in [6.45, 7) is 0.868. The molecule has 1 aliphatic rings. The Morgan fingerprint density at radius 3 is 1.84 bits per heavy atom. The number of rotatable bonds is 8. The lowest BCUT2D eigenvalue weighted by molar-refractivity contribution is -0.386. The second-order valence-electron chi connectivity index (χ2n) is 8.72. The van der Waals surface area contributed by atoms with Crippen molar-refractivity contribution in [2.75, 3.05) is 27.3 Å². The number of nitriles is 2. The first-order chi connectivity index (χ1) is 18.5. The number of phenolic OH excluding ortho intramolecular Hbond substituents is 1. The largest absolute Gasteiger partial charge is 0.502 e. The van der Waals surface area contributed by atoms with Gasteiger partial charge in [0.1, 0.15) is 23.6 Å². The molecule has 3 aromatic carbocycles. The van der Waals surface area contributed by atoms with Gasteiger partial charge < -0.3 is 14.6 Å². The maximum absolute atomic E-state index is 11.7. The lowest BCUT2D eigenvalue weighted by Gasteiger charge is -2.47. The molecule has 3 atom stereocenters. The number of nitro groups is 1. The van der Waals surface area contributed by atoms with Gasteiger partial charge in [-0.1, -0.05) is 48.5 Å². The Labute approximate surface area is 220 Å². The number of para-hydroxylation sites is 3. The van der Waals surface area contributed by atoms with E-state index in [1.54, 1.807) is 54.6 Å². The fourth-order valence-electron chi connectivity index (χ4n) is 5.10. The lowest BCUT2D eigenvalue weighted by atomic mass is 9.95. The molecule has 1 heterocycles. The van der Waals surface area contributed by atoms with Crippen LogP contribution in [0.5, 0.6) is 17.2 Å². The lowest BCUT2D eigenvalue weighted by Crippen LogP contribution is -2.50. The molecule has 38 heavy (non-hydrogen) atoms. The van der Waals surface area contributed by atoms with E-state index >= 15 is 0 Å². The molecule has 0 aromatic heterocycles. The van der Waals surface area contributed by atoms with E-state index in [9.17, 15) is 25.7 Å². The molecule has 0 spiro atoms. The molecule has 1 aliphatic heterocycles. The quantitative estimate of drug-likeness (QED) is 0.331. The predicted molar refractivity (Wildman–Crippen MR) is 138 cm³/mol. The van der Waals surface area contributed by atoms with Crippen molar-refractivity contribution >= 4 is 5.69 Å². The van der Waals surface area contributed by atoms with Gasteiger partial charge in [0.05, 0.1) is 37.4 Å². The van der Waals surface area contributed by atoms with E-state index in [1.165, 1.54) is 26.4 Å². The van der Waals surface area contributed by atoms with Crippen LogP contribution in [0.4, 0.5) is 5.69 Å². The Hall–Kier alpha value is -4.64. The molecule has 10 heteroatoms. The second-order valence-corrected chi connectivity index (χ2v) is 8.72. The average Bonchev–Trinajstić information content (AvgIpc) is 2.95. The summed E-state index contributed by atoms with van der Waals surface area (Å²) in [4.78, 5) is 14.7. The van der Waals surface area contributed by atoms with Crippen molar-refractivity contribution in [3.05, 3.63) is 93.5 Å². The number of ether oxygens (including phenoxy) is 2. The summed E-state index contributed by atoms with van der Waals surface area (Å²) in [7, 11) is 3.04. The molecule has 1 fully saturated rings. The normalized spacial score (nSPS) is 17.5. The Balaban J connectivity index is 1.93. The van der Waals surface area contributed by atoms with Gasteiger partial charge in [-0.15, -0.1) is 0 Å². The monoisotopic (exact) mass is 513 g/mol. The fraction of sp³-hybridized carbons (Fsp3) is 0.286. The molecule has 1 saturated heterocycles. The van der Waals surface area contributed by atoms with Crippen LogP contribution >= 0.6 is 0 Å². The van der Waals surface area contributed by atoms with Gasteiger partial charge in [0.2, 0.25) is 5.75 Å². The maximum atomic E-state index is 11.7. The Morgan fingerprint density at radius 1 is 0.895 bits per heavy atom. The number of phenols is 1. The van der Waals surface area contributed by atoms with E-state index in [4.69, 9.17) is 9.47 Å². The number of nitrogens with zero attached hydrogens (tertiary/aromatic N) is 5. The molecule has 0 amide bonds. The van der Waals surface area contributed by atoms with Crippen molar-refractivity contribution in [1.29, 1.82) is 10.5 Å². The van der Waals surface area contributed by atoms with Crippen LogP contribution in [0.2, 0.25) is 0 Å². The van der Waals surface area contributed by atoms with Crippen LogP contribution in [-0.4, -0.2) is 47.1 Å². The van der Waals surface area contributed by atoms with Crippen LogP contribution in [0, 0.1) is 32.8 Å². The van der Waals surface area contributed by atoms with Gasteiger partial charge in [0.15, 0.2) is 0 Å². The molecule has 10 nitrogen and oxygen atoms in total. The first-order valence-electron chi connectivity index (χ1n) is 12.0. The zero-order valence-corrected chi connectivity index (χ0v) is 21.0. The number of aromatic hydroxyl groups is 1. The van der Waals surface area contributed by atoms with Gasteiger partial charge in [-0.3, -0.25) is 19.9 Å². The first kappa shape index (κ1) is 26.4. The summed E-state index contributed by atoms with van der Waals surface area (Å²) >= 11 is 0. The van der Waals surface area contributed by atoms with Crippen molar-refractivity contribution < 1.29 is 19.5 Å². The van der Waals surface area contributed by atoms with Crippen LogP contribution in [-0.2, 0) is 0 Å². The van der Waals surface area contributed by atoms with E-state index in [2.05, 4.69) is 12.1 Å². The van der Waals surface area contributed by atoms with Crippen LogP contribution < -0.4 is 9.47 Å². The van der Waals surface area contributed by atoms with E-state index in [-0.39, 0.29) is 5.56 Å². The zero-order valence-electron chi connectivity index (χ0n) is 21.0. The Kier molecular flexibility index (Phi) is 8.07. The summed E-state index contributed by atoms with van der Waals surface area (Å²) < 4.78 is 11.1. The highest BCUT2D eigenvalue weighted by molar-refractivity contribution is 5.52. The zero-order chi connectivity index (χ0) is 27.2. The minimum absolute atomic E-state index is 0.226. The Bertz CT molecular complexity index is 1330. The third-order valence-corrected chi connectivity index (χ3v) is 6.76. The molecule has 0 aliphatic carbocycles. The smallest absolute Gasteiger partial charge is 0.311 e. The number of hydrogen-bond donors (Lipinski definition) is 1. The highest BCUT2D eigenvalue weighted by atomic mass is 16.6. The highest BCUT2D eigenvalue weighted by Crippen LogP contribution is 2.46. The van der Waals surface area contributed by atoms with Gasteiger partial charge in [0.25, 0.3) is 0 Å². The van der Waals surface area contributed by atoms with Crippen molar-refractivity contribution in [3.8, 4) is 29.4 Å². The molecule has 0 bridgehead atoms.